The van der Waals surface area contributed by atoms with E-state index < -0.39 is 0 Å². The Kier molecular flexibility index (Phi) is 4.92. The zero-order chi connectivity index (χ0) is 14.5. The zero-order valence-corrected chi connectivity index (χ0v) is 12.1. The first-order valence-electron chi connectivity index (χ1n) is 7.07. The first-order chi connectivity index (χ1) is 9.60. The monoisotopic (exact) mass is 277 g/mol. The van der Waals surface area contributed by atoms with E-state index in [1.165, 1.54) is 12.8 Å². The number of amides is 1. The molecule has 1 aromatic rings. The maximum absolute atomic E-state index is 12.2. The third-order valence-corrected chi connectivity index (χ3v) is 3.69. The van der Waals surface area contributed by atoms with Crippen molar-refractivity contribution in [2.24, 2.45) is 5.84 Å². The van der Waals surface area contributed by atoms with Crippen LogP contribution in [0.5, 0.6) is 0 Å². The smallest absolute Gasteiger partial charge is 0.251 e. The van der Waals surface area contributed by atoms with Gasteiger partial charge < -0.3 is 10.7 Å². The number of nitrogens with two attached hydrogens (primary N) is 1. The number of hydrogen-bond donors (Lipinski definition) is 3. The van der Waals surface area contributed by atoms with E-state index in [0.717, 1.165) is 18.8 Å². The lowest BCUT2D eigenvalue weighted by atomic mass is 10.2. The Morgan fingerprint density at radius 3 is 2.80 bits per heavy atom. The van der Waals surface area contributed by atoms with Gasteiger partial charge in [0.2, 0.25) is 0 Å². The Labute approximate surface area is 119 Å². The van der Waals surface area contributed by atoms with E-state index >= 15 is 0 Å². The SMILES string of the molecule is Cc1cc(C(=O)NCC(C)N2CCCC2)cc(NN)n1. The summed E-state index contributed by atoms with van der Waals surface area (Å²) in [5, 5.41) is 2.98. The summed E-state index contributed by atoms with van der Waals surface area (Å²) in [7, 11) is 0. The molecule has 0 aromatic carbocycles. The number of likely N-dealkylation sites (tertiary alicyclic amines) is 1. The fourth-order valence-corrected chi connectivity index (χ4v) is 2.53. The fraction of sp³-hybridized carbons (Fsp3) is 0.571. The molecule has 0 saturated carbocycles. The summed E-state index contributed by atoms with van der Waals surface area (Å²) >= 11 is 0. The van der Waals surface area contributed by atoms with Crippen LogP contribution in [0.3, 0.4) is 0 Å². The third-order valence-electron chi connectivity index (χ3n) is 3.69. The molecule has 2 rings (SSSR count). The van der Waals surface area contributed by atoms with Crippen LogP contribution in [0.15, 0.2) is 12.1 Å². The highest BCUT2D eigenvalue weighted by molar-refractivity contribution is 5.95. The predicted octanol–water partition coefficient (Wildman–Crippen LogP) is 0.890. The average molecular weight is 277 g/mol. The molecule has 1 unspecified atom stereocenters. The lowest BCUT2D eigenvalue weighted by Crippen LogP contribution is -2.40. The van der Waals surface area contributed by atoms with Crippen LogP contribution in [-0.2, 0) is 0 Å². The number of pyridine rings is 1. The van der Waals surface area contributed by atoms with E-state index in [0.29, 0.717) is 24.0 Å². The van der Waals surface area contributed by atoms with Crippen LogP contribution >= 0.6 is 0 Å². The number of hydrazine groups is 1. The summed E-state index contributed by atoms with van der Waals surface area (Å²) in [6, 6.07) is 3.79. The Morgan fingerprint density at radius 1 is 1.45 bits per heavy atom. The number of carbonyl (C=O) groups is 1. The van der Waals surface area contributed by atoms with Crippen molar-refractivity contribution in [2.45, 2.75) is 32.7 Å². The molecule has 0 aliphatic carbocycles. The third kappa shape index (κ3) is 3.68. The van der Waals surface area contributed by atoms with E-state index in [1.54, 1.807) is 12.1 Å². The maximum Gasteiger partial charge on any atom is 0.251 e. The minimum atomic E-state index is -0.0851. The lowest BCUT2D eigenvalue weighted by molar-refractivity contribution is 0.0940. The molecular weight excluding hydrogens is 254 g/mol. The van der Waals surface area contributed by atoms with Crippen LogP contribution in [0.2, 0.25) is 0 Å². The van der Waals surface area contributed by atoms with Crippen LogP contribution in [0.1, 0.15) is 35.8 Å². The first-order valence-corrected chi connectivity index (χ1v) is 7.07. The number of nitrogens with zero attached hydrogens (tertiary/aromatic N) is 2. The molecule has 1 aliphatic rings. The fourth-order valence-electron chi connectivity index (χ4n) is 2.53. The summed E-state index contributed by atoms with van der Waals surface area (Å²) in [6.07, 6.45) is 2.51. The molecule has 0 spiro atoms. The van der Waals surface area contributed by atoms with Gasteiger partial charge in [-0.15, -0.1) is 0 Å². The van der Waals surface area contributed by atoms with Gasteiger partial charge >= 0.3 is 0 Å². The molecule has 6 nitrogen and oxygen atoms in total. The standard InChI is InChI=1S/C14H23N5O/c1-10-7-12(8-13(17-10)18-15)14(20)16-9-11(2)19-5-3-4-6-19/h7-8,11H,3-6,9,15H2,1-2H3,(H,16,20)(H,17,18). The van der Waals surface area contributed by atoms with E-state index in [9.17, 15) is 4.79 Å². The molecule has 0 radical (unpaired) electrons. The Morgan fingerprint density at radius 2 is 2.15 bits per heavy atom. The maximum atomic E-state index is 12.2. The highest BCUT2D eigenvalue weighted by Gasteiger charge is 2.18. The van der Waals surface area contributed by atoms with Crippen molar-refractivity contribution in [3.8, 4) is 0 Å². The predicted molar refractivity (Wildman–Crippen MR) is 79.4 cm³/mol. The number of rotatable bonds is 5. The molecule has 1 amide bonds. The molecule has 1 aromatic heterocycles. The Hall–Kier alpha value is -1.66. The second-order valence-corrected chi connectivity index (χ2v) is 5.33. The second-order valence-electron chi connectivity index (χ2n) is 5.33. The second kappa shape index (κ2) is 6.67. The van der Waals surface area contributed by atoms with Crippen molar-refractivity contribution in [2.75, 3.05) is 25.1 Å². The number of nitrogen functional groups attached to an aromatic ring is 1. The summed E-state index contributed by atoms with van der Waals surface area (Å²) < 4.78 is 0. The summed E-state index contributed by atoms with van der Waals surface area (Å²) in [4.78, 5) is 18.7. The Bertz CT molecular complexity index is 471. The van der Waals surface area contributed by atoms with E-state index in [2.05, 4.69) is 27.6 Å². The molecule has 20 heavy (non-hydrogen) atoms. The van der Waals surface area contributed by atoms with Gasteiger partial charge in [-0.25, -0.2) is 10.8 Å². The van der Waals surface area contributed by atoms with Gasteiger partial charge in [0.05, 0.1) is 0 Å². The highest BCUT2D eigenvalue weighted by atomic mass is 16.1. The summed E-state index contributed by atoms with van der Waals surface area (Å²) in [5.74, 6) is 5.76. The van der Waals surface area contributed by atoms with E-state index in [4.69, 9.17) is 5.84 Å². The van der Waals surface area contributed by atoms with E-state index in [1.807, 2.05) is 6.92 Å². The number of hydrogen-bond acceptors (Lipinski definition) is 5. The van der Waals surface area contributed by atoms with Crippen molar-refractivity contribution < 1.29 is 4.79 Å². The van der Waals surface area contributed by atoms with Crippen LogP contribution in [0.25, 0.3) is 0 Å². The zero-order valence-electron chi connectivity index (χ0n) is 12.1. The molecule has 110 valence electrons. The molecule has 6 heteroatoms. The van der Waals surface area contributed by atoms with E-state index in [-0.39, 0.29) is 5.91 Å². The van der Waals surface area contributed by atoms with Gasteiger partial charge in [-0.3, -0.25) is 9.69 Å². The van der Waals surface area contributed by atoms with Gasteiger partial charge in [0, 0.05) is 23.8 Å². The van der Waals surface area contributed by atoms with Gasteiger partial charge in [-0.2, -0.15) is 0 Å². The van der Waals surface area contributed by atoms with Crippen LogP contribution in [0.4, 0.5) is 5.82 Å². The van der Waals surface area contributed by atoms with Crippen molar-refractivity contribution in [1.82, 2.24) is 15.2 Å². The van der Waals surface area contributed by atoms with Crippen LogP contribution in [-0.4, -0.2) is 41.5 Å². The van der Waals surface area contributed by atoms with Crippen molar-refractivity contribution in [1.29, 1.82) is 0 Å². The number of nitrogens with one attached hydrogen (secondary N) is 2. The topological polar surface area (TPSA) is 83.3 Å². The molecule has 1 saturated heterocycles. The van der Waals surface area contributed by atoms with Gasteiger partial charge in [0.25, 0.3) is 5.91 Å². The number of aromatic nitrogens is 1. The molecule has 2 heterocycles. The van der Waals surface area contributed by atoms with Gasteiger partial charge in [-0.1, -0.05) is 0 Å². The lowest BCUT2D eigenvalue weighted by Gasteiger charge is -2.23. The van der Waals surface area contributed by atoms with Crippen LogP contribution < -0.4 is 16.6 Å². The molecule has 1 aliphatic heterocycles. The highest BCUT2D eigenvalue weighted by Crippen LogP contribution is 2.12. The summed E-state index contributed by atoms with van der Waals surface area (Å²) in [5.41, 5.74) is 3.82. The average Bonchev–Trinajstić information content (AvgIpc) is 2.97. The quantitative estimate of drug-likeness (QED) is 0.550. The number of carbonyl (C=O) groups excluding carboxylic acids is 1. The molecule has 1 fully saturated rings. The minimum Gasteiger partial charge on any atom is -0.350 e. The van der Waals surface area contributed by atoms with Gasteiger partial charge in [-0.05, 0) is 51.9 Å². The molecule has 4 N–H and O–H groups in total. The summed E-state index contributed by atoms with van der Waals surface area (Å²) in [6.45, 7) is 6.91. The normalized spacial score (nSPS) is 16.9. The first kappa shape index (κ1) is 14.7. The van der Waals surface area contributed by atoms with Crippen molar-refractivity contribution in [3.05, 3.63) is 23.4 Å². The van der Waals surface area contributed by atoms with Gasteiger partial charge in [0.15, 0.2) is 0 Å². The minimum absolute atomic E-state index is 0.0851. The largest absolute Gasteiger partial charge is 0.350 e. The van der Waals surface area contributed by atoms with Crippen LogP contribution in [0, 0.1) is 6.92 Å². The molecular formula is C14H23N5O. The molecule has 1 atom stereocenters. The van der Waals surface area contributed by atoms with Crippen molar-refractivity contribution in [3.63, 3.8) is 0 Å². The van der Waals surface area contributed by atoms with Crippen molar-refractivity contribution >= 4 is 11.7 Å². The molecule has 0 bridgehead atoms. The number of aryl methyl sites for hydroxylation is 1. The number of anilines is 1. The van der Waals surface area contributed by atoms with Gasteiger partial charge in [0.1, 0.15) is 5.82 Å². The Balaban J connectivity index is 1.92.